The van der Waals surface area contributed by atoms with E-state index in [1.54, 1.807) is 30.3 Å². The van der Waals surface area contributed by atoms with E-state index in [4.69, 9.17) is 0 Å². The van der Waals surface area contributed by atoms with Crippen molar-refractivity contribution in [3.8, 4) is 0 Å². The average Bonchev–Trinajstić information content (AvgIpc) is 3.28. The monoisotopic (exact) mass is 451 g/mol. The molecule has 10 heteroatoms. The zero-order valence-electron chi connectivity index (χ0n) is 16.6. The van der Waals surface area contributed by atoms with Crippen LogP contribution in [0.1, 0.15) is 25.3 Å². The fourth-order valence-corrected chi connectivity index (χ4v) is 5.89. The van der Waals surface area contributed by atoms with Crippen LogP contribution in [0.25, 0.3) is 0 Å². The molecule has 1 fully saturated rings. The molecule has 1 heterocycles. The highest BCUT2D eigenvalue weighted by Crippen LogP contribution is 2.21. The molecule has 30 heavy (non-hydrogen) atoms. The van der Waals surface area contributed by atoms with E-state index in [2.05, 4.69) is 10.0 Å². The Balaban J connectivity index is 1.56. The fourth-order valence-electron chi connectivity index (χ4n) is 3.15. The minimum Gasteiger partial charge on any atom is -0.351 e. The van der Waals surface area contributed by atoms with Crippen LogP contribution in [0.15, 0.2) is 64.4 Å². The van der Waals surface area contributed by atoms with Crippen LogP contribution in [0.5, 0.6) is 0 Å². The van der Waals surface area contributed by atoms with Gasteiger partial charge in [0.2, 0.25) is 26.0 Å². The third-order valence-corrected chi connectivity index (χ3v) is 8.34. The molecule has 2 aromatic rings. The second-order valence-corrected chi connectivity index (χ2v) is 10.8. The number of nitrogens with zero attached hydrogens (tertiary/aromatic N) is 1. The predicted molar refractivity (Wildman–Crippen MR) is 113 cm³/mol. The maximum atomic E-state index is 12.5. The number of nitrogens with one attached hydrogen (secondary N) is 2. The lowest BCUT2D eigenvalue weighted by Crippen LogP contribution is -2.44. The number of hydrogen-bond acceptors (Lipinski definition) is 5. The Hall–Kier alpha value is -2.27. The van der Waals surface area contributed by atoms with E-state index in [0.29, 0.717) is 18.7 Å². The largest absolute Gasteiger partial charge is 0.351 e. The first-order valence-electron chi connectivity index (χ1n) is 9.64. The van der Waals surface area contributed by atoms with Gasteiger partial charge in [-0.15, -0.1) is 0 Å². The minimum absolute atomic E-state index is 0.0828. The summed E-state index contributed by atoms with van der Waals surface area (Å²) in [5, 5.41) is 2.66. The van der Waals surface area contributed by atoms with Crippen molar-refractivity contribution in [2.45, 2.75) is 42.1 Å². The lowest BCUT2D eigenvalue weighted by atomic mass is 10.2. The van der Waals surface area contributed by atoms with Gasteiger partial charge in [-0.2, -0.15) is 9.03 Å². The van der Waals surface area contributed by atoms with Crippen LogP contribution in [-0.2, 0) is 31.4 Å². The molecule has 1 aliphatic heterocycles. The molecule has 162 valence electrons. The van der Waals surface area contributed by atoms with E-state index in [0.717, 1.165) is 12.8 Å². The molecule has 8 nitrogen and oxygen atoms in total. The molecular formula is C20H25N3O5S2. The Kier molecular flexibility index (Phi) is 6.91. The molecule has 1 saturated heterocycles. The molecule has 3 rings (SSSR count). The lowest BCUT2D eigenvalue weighted by molar-refractivity contribution is -0.122. The summed E-state index contributed by atoms with van der Waals surface area (Å²) in [5.41, 5.74) is 0.710. The van der Waals surface area contributed by atoms with Crippen molar-refractivity contribution in [2.75, 3.05) is 13.1 Å². The zero-order valence-corrected chi connectivity index (χ0v) is 18.2. The summed E-state index contributed by atoms with van der Waals surface area (Å²) in [5.74, 6) is -0.483. The van der Waals surface area contributed by atoms with Gasteiger partial charge < -0.3 is 5.32 Å². The maximum absolute atomic E-state index is 12.5. The predicted octanol–water partition coefficient (Wildman–Crippen LogP) is 1.45. The Bertz CT molecular complexity index is 1080. The number of amides is 1. The molecule has 1 amide bonds. The van der Waals surface area contributed by atoms with Crippen LogP contribution >= 0.6 is 0 Å². The number of benzene rings is 2. The first-order valence-corrected chi connectivity index (χ1v) is 12.6. The molecule has 0 saturated carbocycles. The van der Waals surface area contributed by atoms with Gasteiger partial charge in [-0.25, -0.2) is 16.8 Å². The summed E-state index contributed by atoms with van der Waals surface area (Å²) >= 11 is 0. The highest BCUT2D eigenvalue weighted by Gasteiger charge is 2.27. The number of rotatable bonds is 8. The van der Waals surface area contributed by atoms with Crippen molar-refractivity contribution in [3.63, 3.8) is 0 Å². The van der Waals surface area contributed by atoms with Crippen molar-refractivity contribution >= 4 is 26.0 Å². The fraction of sp³-hybridized carbons (Fsp3) is 0.350. The van der Waals surface area contributed by atoms with E-state index < -0.39 is 32.0 Å². The molecule has 2 aromatic carbocycles. The number of carbonyl (C=O) groups is 1. The van der Waals surface area contributed by atoms with Crippen LogP contribution in [0, 0.1) is 0 Å². The average molecular weight is 452 g/mol. The summed E-state index contributed by atoms with van der Waals surface area (Å²) in [6.45, 7) is 2.69. The van der Waals surface area contributed by atoms with Gasteiger partial charge >= 0.3 is 0 Å². The van der Waals surface area contributed by atoms with Gasteiger partial charge in [0, 0.05) is 19.6 Å². The van der Waals surface area contributed by atoms with Crippen LogP contribution in [0.2, 0.25) is 0 Å². The summed E-state index contributed by atoms with van der Waals surface area (Å²) in [4.78, 5) is 12.6. The number of hydrogen-bond donors (Lipinski definition) is 2. The number of carbonyl (C=O) groups excluding carboxylic acids is 1. The third-order valence-electron chi connectivity index (χ3n) is 4.87. The lowest BCUT2D eigenvalue weighted by Gasteiger charge is -2.16. The molecule has 1 atom stereocenters. The molecular weight excluding hydrogens is 426 g/mol. The van der Waals surface area contributed by atoms with E-state index >= 15 is 0 Å². The summed E-state index contributed by atoms with van der Waals surface area (Å²) < 4.78 is 53.5. The van der Waals surface area contributed by atoms with Crippen molar-refractivity contribution in [3.05, 3.63) is 60.2 Å². The Morgan fingerprint density at radius 2 is 1.53 bits per heavy atom. The highest BCUT2D eigenvalue weighted by atomic mass is 32.2. The van der Waals surface area contributed by atoms with Gasteiger partial charge in [0.1, 0.15) is 0 Å². The van der Waals surface area contributed by atoms with Crippen LogP contribution < -0.4 is 10.0 Å². The molecule has 0 bridgehead atoms. The second kappa shape index (κ2) is 9.25. The topological polar surface area (TPSA) is 113 Å². The molecule has 0 aromatic heterocycles. The van der Waals surface area contributed by atoms with Gasteiger partial charge in [-0.1, -0.05) is 30.3 Å². The zero-order chi connectivity index (χ0) is 21.8. The Morgan fingerprint density at radius 3 is 2.13 bits per heavy atom. The van der Waals surface area contributed by atoms with Gasteiger partial charge in [-0.05, 0) is 49.6 Å². The van der Waals surface area contributed by atoms with Crippen LogP contribution in [0.3, 0.4) is 0 Å². The van der Waals surface area contributed by atoms with Crippen molar-refractivity contribution in [1.82, 2.24) is 14.3 Å². The smallest absolute Gasteiger partial charge is 0.243 e. The van der Waals surface area contributed by atoms with E-state index in [1.807, 2.05) is 0 Å². The molecule has 0 aliphatic carbocycles. The highest BCUT2D eigenvalue weighted by molar-refractivity contribution is 7.89. The third kappa shape index (κ3) is 5.25. The second-order valence-electron chi connectivity index (χ2n) is 7.13. The summed E-state index contributed by atoms with van der Waals surface area (Å²) in [6.07, 6.45) is 1.74. The minimum atomic E-state index is -3.80. The van der Waals surface area contributed by atoms with Gasteiger partial charge in [0.15, 0.2) is 0 Å². The van der Waals surface area contributed by atoms with Crippen molar-refractivity contribution < 1.29 is 21.6 Å². The van der Waals surface area contributed by atoms with Crippen molar-refractivity contribution in [2.24, 2.45) is 0 Å². The van der Waals surface area contributed by atoms with E-state index in [9.17, 15) is 21.6 Å². The summed E-state index contributed by atoms with van der Waals surface area (Å²) in [7, 11) is -7.28. The molecule has 0 radical (unpaired) electrons. The first kappa shape index (κ1) is 22.4. The Morgan fingerprint density at radius 1 is 0.933 bits per heavy atom. The first-order chi connectivity index (χ1) is 14.2. The maximum Gasteiger partial charge on any atom is 0.243 e. The number of sulfonamides is 2. The normalized spacial score (nSPS) is 16.3. The van der Waals surface area contributed by atoms with Crippen LogP contribution in [0.4, 0.5) is 0 Å². The van der Waals surface area contributed by atoms with Gasteiger partial charge in [-0.3, -0.25) is 4.79 Å². The van der Waals surface area contributed by atoms with Crippen molar-refractivity contribution in [1.29, 1.82) is 0 Å². The molecule has 0 spiro atoms. The Labute approximate surface area is 177 Å². The molecule has 0 unspecified atom stereocenters. The van der Waals surface area contributed by atoms with Gasteiger partial charge in [0.05, 0.1) is 15.8 Å². The quantitative estimate of drug-likeness (QED) is 0.631. The summed E-state index contributed by atoms with van der Waals surface area (Å²) in [6, 6.07) is 13.2. The SMILES string of the molecule is C[C@H](NS(=O)(=O)c1ccccc1)C(=O)NCc1ccc(S(=O)(=O)N2CCCC2)cc1. The van der Waals surface area contributed by atoms with Crippen LogP contribution in [-0.4, -0.2) is 46.2 Å². The molecule has 1 aliphatic rings. The van der Waals surface area contributed by atoms with E-state index in [1.165, 1.54) is 35.5 Å². The van der Waals surface area contributed by atoms with E-state index in [-0.39, 0.29) is 16.3 Å². The molecule has 2 N–H and O–H groups in total. The standard InChI is InChI=1S/C20H25N3O5S2/c1-16(22-29(25,26)18-7-3-2-4-8-18)20(24)21-15-17-9-11-19(12-10-17)30(27,28)23-13-5-6-14-23/h2-4,7-12,16,22H,5-6,13-15H2,1H3,(H,21,24)/t16-/m0/s1. The van der Waals surface area contributed by atoms with Gasteiger partial charge in [0.25, 0.3) is 0 Å².